The number of fused-ring (bicyclic) bond motifs is 1. The molecule has 5 amide bonds. The highest BCUT2D eigenvalue weighted by molar-refractivity contribution is 6.22. The van der Waals surface area contributed by atoms with Gasteiger partial charge in [0.15, 0.2) is 6.61 Å². The van der Waals surface area contributed by atoms with Gasteiger partial charge in [0.1, 0.15) is 6.04 Å². The van der Waals surface area contributed by atoms with E-state index in [9.17, 15) is 24.0 Å². The van der Waals surface area contributed by atoms with Crippen molar-refractivity contribution < 1.29 is 28.7 Å². The predicted octanol–water partition coefficient (Wildman–Crippen LogP) is 0.0600. The normalized spacial score (nSPS) is 13.9. The molecule has 0 saturated heterocycles. The molecule has 132 valence electrons. The zero-order chi connectivity index (χ0) is 18.6. The summed E-state index contributed by atoms with van der Waals surface area (Å²) in [4.78, 5) is 60.0. The molecule has 1 aromatic carbocycles. The van der Waals surface area contributed by atoms with Gasteiger partial charge < -0.3 is 10.1 Å². The smallest absolute Gasteiger partial charge is 0.329 e. The lowest BCUT2D eigenvalue weighted by molar-refractivity contribution is -0.151. The molecule has 0 aromatic heterocycles. The van der Waals surface area contributed by atoms with Gasteiger partial charge in [0.2, 0.25) is 0 Å². The first-order valence-electron chi connectivity index (χ1n) is 7.58. The van der Waals surface area contributed by atoms with Gasteiger partial charge in [-0.1, -0.05) is 12.1 Å². The minimum Gasteiger partial charge on any atom is -0.454 e. The van der Waals surface area contributed by atoms with Gasteiger partial charge in [-0.05, 0) is 26.0 Å². The van der Waals surface area contributed by atoms with Crippen LogP contribution in [0.5, 0.6) is 0 Å². The van der Waals surface area contributed by atoms with Crippen LogP contribution in [0.15, 0.2) is 24.3 Å². The maximum Gasteiger partial charge on any atom is 0.329 e. The number of hydrogen-bond acceptors (Lipinski definition) is 6. The summed E-state index contributed by atoms with van der Waals surface area (Å²) < 4.78 is 4.78. The quantitative estimate of drug-likeness (QED) is 0.574. The number of rotatable bonds is 5. The zero-order valence-corrected chi connectivity index (χ0v) is 13.7. The highest BCUT2D eigenvalue weighted by Gasteiger charge is 2.41. The second kappa shape index (κ2) is 7.56. The minimum atomic E-state index is -1.20. The fourth-order valence-electron chi connectivity index (χ4n) is 2.29. The van der Waals surface area contributed by atoms with Gasteiger partial charge >= 0.3 is 12.0 Å². The van der Waals surface area contributed by atoms with Gasteiger partial charge in [0.25, 0.3) is 17.7 Å². The second-order valence-corrected chi connectivity index (χ2v) is 5.22. The molecular weight excluding hydrogens is 330 g/mol. The predicted molar refractivity (Wildman–Crippen MR) is 84.6 cm³/mol. The summed E-state index contributed by atoms with van der Waals surface area (Å²) in [5.41, 5.74) is 0.419. The van der Waals surface area contributed by atoms with Crippen LogP contribution in [0.1, 0.15) is 34.6 Å². The number of esters is 1. The molecule has 25 heavy (non-hydrogen) atoms. The maximum absolute atomic E-state index is 12.3. The van der Waals surface area contributed by atoms with Crippen LogP contribution in [0.4, 0.5) is 4.79 Å². The fraction of sp³-hybridized carbons (Fsp3) is 0.312. The van der Waals surface area contributed by atoms with Crippen molar-refractivity contribution in [1.29, 1.82) is 0 Å². The summed E-state index contributed by atoms with van der Waals surface area (Å²) in [6.07, 6.45) is 0. The molecule has 9 nitrogen and oxygen atoms in total. The number of nitrogens with one attached hydrogen (secondary N) is 2. The summed E-state index contributed by atoms with van der Waals surface area (Å²) in [6.45, 7) is 2.62. The number of carbonyl (C=O) groups excluding carboxylic acids is 5. The van der Waals surface area contributed by atoms with Gasteiger partial charge in [-0.25, -0.2) is 9.59 Å². The summed E-state index contributed by atoms with van der Waals surface area (Å²) in [7, 11) is 0. The van der Waals surface area contributed by atoms with E-state index in [1.54, 1.807) is 19.1 Å². The first-order valence-corrected chi connectivity index (χ1v) is 7.58. The molecule has 1 aromatic rings. The zero-order valence-electron chi connectivity index (χ0n) is 13.7. The van der Waals surface area contributed by atoms with Crippen molar-refractivity contribution in [3.8, 4) is 0 Å². The van der Waals surface area contributed by atoms with Gasteiger partial charge in [-0.2, -0.15) is 0 Å². The molecular formula is C16H17N3O6. The second-order valence-electron chi connectivity index (χ2n) is 5.22. The number of carbonyl (C=O) groups is 5. The summed E-state index contributed by atoms with van der Waals surface area (Å²) in [5.74, 6) is -2.96. The van der Waals surface area contributed by atoms with Crippen LogP contribution < -0.4 is 10.6 Å². The first-order chi connectivity index (χ1) is 11.9. The topological polar surface area (TPSA) is 122 Å². The lowest BCUT2D eigenvalue weighted by Crippen LogP contribution is -2.45. The Morgan fingerprint density at radius 1 is 1.12 bits per heavy atom. The maximum atomic E-state index is 12.3. The SMILES string of the molecule is CCNC(=O)NC(=O)COC(=O)[C@@H](C)N1C(=O)c2ccccc2C1=O. The van der Waals surface area contributed by atoms with Crippen LogP contribution in [-0.2, 0) is 14.3 Å². The summed E-state index contributed by atoms with van der Waals surface area (Å²) in [6, 6.07) is 4.30. The lowest BCUT2D eigenvalue weighted by Gasteiger charge is -2.20. The highest BCUT2D eigenvalue weighted by atomic mass is 16.5. The van der Waals surface area contributed by atoms with Crippen molar-refractivity contribution in [3.05, 3.63) is 35.4 Å². The first kappa shape index (κ1) is 18.1. The summed E-state index contributed by atoms with van der Waals surface area (Å²) in [5, 5.41) is 4.31. The minimum absolute atomic E-state index is 0.209. The molecule has 2 rings (SSSR count). The average molecular weight is 347 g/mol. The molecule has 0 spiro atoms. The Morgan fingerprint density at radius 3 is 2.20 bits per heavy atom. The number of ether oxygens (including phenoxy) is 1. The van der Waals surface area contributed by atoms with Crippen molar-refractivity contribution in [3.63, 3.8) is 0 Å². The van der Waals surface area contributed by atoms with E-state index in [2.05, 4.69) is 5.32 Å². The monoisotopic (exact) mass is 347 g/mol. The Morgan fingerprint density at radius 2 is 1.68 bits per heavy atom. The van der Waals surface area contributed by atoms with Gasteiger partial charge in [0.05, 0.1) is 11.1 Å². The number of benzene rings is 1. The molecule has 0 unspecified atom stereocenters. The van der Waals surface area contributed by atoms with Gasteiger partial charge in [-0.15, -0.1) is 0 Å². The standard InChI is InChI=1S/C16H17N3O6/c1-3-17-16(24)18-12(20)8-25-15(23)9(2)19-13(21)10-6-4-5-7-11(10)14(19)22/h4-7,9H,3,8H2,1-2H3,(H2,17,18,20,24)/t9-/m1/s1. The Kier molecular flexibility index (Phi) is 5.48. The molecule has 0 saturated carbocycles. The number of nitrogens with zero attached hydrogens (tertiary/aromatic N) is 1. The molecule has 9 heteroatoms. The number of urea groups is 1. The Bertz CT molecular complexity index is 710. The van der Waals surface area contributed by atoms with E-state index in [0.29, 0.717) is 6.54 Å². The van der Waals surface area contributed by atoms with E-state index in [1.165, 1.54) is 19.1 Å². The van der Waals surface area contributed by atoms with Crippen molar-refractivity contribution >= 4 is 29.7 Å². The number of imide groups is 2. The van der Waals surface area contributed by atoms with Crippen LogP contribution in [0, 0.1) is 0 Å². The Balaban J connectivity index is 1.95. The summed E-state index contributed by atoms with van der Waals surface area (Å²) >= 11 is 0. The third-order valence-electron chi connectivity index (χ3n) is 3.49. The van der Waals surface area contributed by atoms with Crippen LogP contribution in [-0.4, -0.2) is 53.8 Å². The van der Waals surface area contributed by atoms with E-state index < -0.39 is 42.4 Å². The van der Waals surface area contributed by atoms with E-state index in [4.69, 9.17) is 4.74 Å². The van der Waals surface area contributed by atoms with Crippen molar-refractivity contribution in [2.45, 2.75) is 19.9 Å². The van der Waals surface area contributed by atoms with Crippen LogP contribution in [0.3, 0.4) is 0 Å². The van der Waals surface area contributed by atoms with Crippen LogP contribution in [0.25, 0.3) is 0 Å². The number of amides is 5. The largest absolute Gasteiger partial charge is 0.454 e. The third kappa shape index (κ3) is 3.82. The van der Waals surface area contributed by atoms with E-state index in [1.807, 2.05) is 5.32 Å². The van der Waals surface area contributed by atoms with Crippen molar-refractivity contribution in [2.24, 2.45) is 0 Å². The van der Waals surface area contributed by atoms with Crippen molar-refractivity contribution in [2.75, 3.05) is 13.2 Å². The Hall–Kier alpha value is -3.23. The molecule has 0 radical (unpaired) electrons. The van der Waals surface area contributed by atoms with Crippen LogP contribution >= 0.6 is 0 Å². The lowest BCUT2D eigenvalue weighted by atomic mass is 10.1. The number of hydrogen-bond donors (Lipinski definition) is 2. The molecule has 2 N–H and O–H groups in total. The molecule has 0 aliphatic carbocycles. The highest BCUT2D eigenvalue weighted by Crippen LogP contribution is 2.24. The van der Waals surface area contributed by atoms with E-state index in [0.717, 1.165) is 4.90 Å². The third-order valence-corrected chi connectivity index (χ3v) is 3.49. The molecule has 0 fully saturated rings. The molecule has 1 aliphatic rings. The van der Waals surface area contributed by atoms with E-state index in [-0.39, 0.29) is 11.1 Å². The molecule has 1 atom stereocenters. The molecule has 0 bridgehead atoms. The Labute approximate surface area is 143 Å². The average Bonchev–Trinajstić information content (AvgIpc) is 2.84. The molecule has 1 aliphatic heterocycles. The van der Waals surface area contributed by atoms with Gasteiger partial charge in [-0.3, -0.25) is 24.6 Å². The van der Waals surface area contributed by atoms with Gasteiger partial charge in [0, 0.05) is 6.54 Å². The van der Waals surface area contributed by atoms with Crippen LogP contribution in [0.2, 0.25) is 0 Å². The molecule has 1 heterocycles. The van der Waals surface area contributed by atoms with E-state index >= 15 is 0 Å². The fourth-order valence-corrected chi connectivity index (χ4v) is 2.29. The van der Waals surface area contributed by atoms with Crippen molar-refractivity contribution in [1.82, 2.24) is 15.5 Å².